The Morgan fingerprint density at radius 1 is 1.45 bits per heavy atom. The zero-order chi connectivity index (χ0) is 8.69. The molecule has 11 heavy (non-hydrogen) atoms. The Balaban J connectivity index is 3.35. The van der Waals surface area contributed by atoms with Crippen LogP contribution >= 0.6 is 0 Å². The monoisotopic (exact) mass is 161 g/mol. The number of nitrogens with one attached hydrogen (secondary N) is 1. The fourth-order valence-corrected chi connectivity index (χ4v) is 0.944. The van der Waals surface area contributed by atoms with E-state index in [-0.39, 0.29) is 18.8 Å². The molecule has 0 aliphatic rings. The van der Waals surface area contributed by atoms with Crippen LogP contribution in [0.1, 0.15) is 26.7 Å². The maximum atomic E-state index is 8.92. The second-order valence-corrected chi connectivity index (χ2v) is 2.93. The van der Waals surface area contributed by atoms with E-state index in [9.17, 15) is 0 Å². The molecule has 0 bridgehead atoms. The van der Waals surface area contributed by atoms with E-state index in [0.29, 0.717) is 6.54 Å². The first-order chi connectivity index (χ1) is 5.20. The van der Waals surface area contributed by atoms with Gasteiger partial charge in [-0.3, -0.25) is 0 Å². The van der Waals surface area contributed by atoms with Crippen LogP contribution in [0.4, 0.5) is 0 Å². The van der Waals surface area contributed by atoms with Crippen LogP contribution in [0.25, 0.3) is 0 Å². The van der Waals surface area contributed by atoms with Crippen LogP contribution in [0, 0.1) is 0 Å². The van der Waals surface area contributed by atoms with Crippen molar-refractivity contribution in [1.82, 2.24) is 5.32 Å². The number of aliphatic hydroxyl groups excluding tert-OH is 2. The van der Waals surface area contributed by atoms with E-state index in [1.165, 1.54) is 0 Å². The molecule has 0 aromatic rings. The van der Waals surface area contributed by atoms with Crippen molar-refractivity contribution in [1.29, 1.82) is 0 Å². The Morgan fingerprint density at radius 3 is 2.45 bits per heavy atom. The molecule has 68 valence electrons. The van der Waals surface area contributed by atoms with Crippen molar-refractivity contribution in [3.63, 3.8) is 0 Å². The average Bonchev–Trinajstić information content (AvgIpc) is 1.97. The fourth-order valence-electron chi connectivity index (χ4n) is 0.944. The van der Waals surface area contributed by atoms with E-state index in [0.717, 1.165) is 12.8 Å². The summed E-state index contributed by atoms with van der Waals surface area (Å²) >= 11 is 0. The molecular formula is C8H19NO2. The van der Waals surface area contributed by atoms with Crippen molar-refractivity contribution in [3.8, 4) is 0 Å². The van der Waals surface area contributed by atoms with Gasteiger partial charge in [0.05, 0.1) is 12.7 Å². The summed E-state index contributed by atoms with van der Waals surface area (Å²) in [5.41, 5.74) is 0. The van der Waals surface area contributed by atoms with E-state index >= 15 is 0 Å². The van der Waals surface area contributed by atoms with E-state index < -0.39 is 0 Å². The zero-order valence-electron chi connectivity index (χ0n) is 7.38. The first-order valence-electron chi connectivity index (χ1n) is 4.23. The van der Waals surface area contributed by atoms with Crippen LogP contribution in [0.5, 0.6) is 0 Å². The lowest BCUT2D eigenvalue weighted by atomic mass is 10.2. The predicted molar refractivity (Wildman–Crippen MR) is 45.5 cm³/mol. The fraction of sp³-hybridized carbons (Fsp3) is 1.00. The second-order valence-electron chi connectivity index (χ2n) is 2.93. The summed E-state index contributed by atoms with van der Waals surface area (Å²) in [5.74, 6) is 0. The second kappa shape index (κ2) is 6.58. The van der Waals surface area contributed by atoms with Crippen LogP contribution in [0.2, 0.25) is 0 Å². The Labute approximate surface area is 68.4 Å². The highest BCUT2D eigenvalue weighted by atomic mass is 16.3. The molecule has 0 saturated heterocycles. The van der Waals surface area contributed by atoms with Crippen molar-refractivity contribution in [2.75, 3.05) is 13.2 Å². The SMILES string of the molecule is CCCC(CO)NCC(C)O. The molecule has 0 spiro atoms. The van der Waals surface area contributed by atoms with Crippen molar-refractivity contribution < 1.29 is 10.2 Å². The molecule has 0 aromatic heterocycles. The molecule has 0 aromatic carbocycles. The van der Waals surface area contributed by atoms with Crippen LogP contribution in [-0.2, 0) is 0 Å². The van der Waals surface area contributed by atoms with Gasteiger partial charge in [0.1, 0.15) is 0 Å². The molecule has 3 heteroatoms. The Hall–Kier alpha value is -0.120. The van der Waals surface area contributed by atoms with E-state index in [4.69, 9.17) is 10.2 Å². The number of hydrogen-bond donors (Lipinski definition) is 3. The van der Waals surface area contributed by atoms with Crippen LogP contribution < -0.4 is 5.32 Å². The molecule has 3 nitrogen and oxygen atoms in total. The summed E-state index contributed by atoms with van der Waals surface area (Å²) in [6.07, 6.45) is 1.68. The summed E-state index contributed by atoms with van der Waals surface area (Å²) in [5, 5.41) is 20.8. The van der Waals surface area contributed by atoms with Gasteiger partial charge in [-0.1, -0.05) is 13.3 Å². The summed E-state index contributed by atoms with van der Waals surface area (Å²) in [6, 6.07) is 0.148. The van der Waals surface area contributed by atoms with Crippen molar-refractivity contribution >= 4 is 0 Å². The molecular weight excluding hydrogens is 142 g/mol. The molecule has 2 atom stereocenters. The molecule has 0 amide bonds. The van der Waals surface area contributed by atoms with Gasteiger partial charge in [0.2, 0.25) is 0 Å². The standard InChI is InChI=1S/C8H19NO2/c1-3-4-8(6-10)9-5-7(2)11/h7-11H,3-6H2,1-2H3. The first-order valence-corrected chi connectivity index (χ1v) is 4.23. The molecule has 0 heterocycles. The predicted octanol–water partition coefficient (Wildman–Crippen LogP) is 0.118. The maximum Gasteiger partial charge on any atom is 0.0636 e. The third kappa shape index (κ3) is 6.28. The van der Waals surface area contributed by atoms with Crippen LogP contribution in [0.3, 0.4) is 0 Å². The molecule has 3 N–H and O–H groups in total. The van der Waals surface area contributed by atoms with Gasteiger partial charge >= 0.3 is 0 Å². The summed E-state index contributed by atoms with van der Waals surface area (Å²) in [7, 11) is 0. The van der Waals surface area contributed by atoms with Crippen molar-refractivity contribution in [3.05, 3.63) is 0 Å². The number of rotatable bonds is 6. The third-order valence-corrected chi connectivity index (χ3v) is 1.56. The lowest BCUT2D eigenvalue weighted by Crippen LogP contribution is -2.36. The number of hydrogen-bond acceptors (Lipinski definition) is 3. The number of aliphatic hydroxyl groups is 2. The van der Waals surface area contributed by atoms with Crippen LogP contribution in [-0.4, -0.2) is 35.5 Å². The molecule has 0 rings (SSSR count). The lowest BCUT2D eigenvalue weighted by molar-refractivity contribution is 0.170. The van der Waals surface area contributed by atoms with E-state index in [1.807, 2.05) is 0 Å². The van der Waals surface area contributed by atoms with Gasteiger partial charge in [-0.2, -0.15) is 0 Å². The molecule has 0 aliphatic carbocycles. The summed E-state index contributed by atoms with van der Waals surface area (Å²) < 4.78 is 0. The average molecular weight is 161 g/mol. The normalized spacial score (nSPS) is 16.4. The smallest absolute Gasteiger partial charge is 0.0636 e. The topological polar surface area (TPSA) is 52.5 Å². The van der Waals surface area contributed by atoms with Crippen molar-refractivity contribution in [2.45, 2.75) is 38.8 Å². The summed E-state index contributed by atoms with van der Waals surface area (Å²) in [6.45, 7) is 4.52. The minimum absolute atomic E-state index is 0.148. The van der Waals surface area contributed by atoms with Crippen LogP contribution in [0.15, 0.2) is 0 Å². The van der Waals surface area contributed by atoms with Gasteiger partial charge in [0.25, 0.3) is 0 Å². The Morgan fingerprint density at radius 2 is 2.09 bits per heavy atom. The van der Waals surface area contributed by atoms with Gasteiger partial charge < -0.3 is 15.5 Å². The molecule has 0 radical (unpaired) electrons. The quantitative estimate of drug-likeness (QED) is 0.518. The minimum atomic E-state index is -0.332. The Kier molecular flexibility index (Phi) is 6.51. The highest BCUT2D eigenvalue weighted by molar-refractivity contribution is 4.65. The molecule has 0 saturated carbocycles. The minimum Gasteiger partial charge on any atom is -0.395 e. The highest BCUT2D eigenvalue weighted by Crippen LogP contribution is 1.94. The zero-order valence-corrected chi connectivity index (χ0v) is 7.38. The van der Waals surface area contributed by atoms with Gasteiger partial charge in [0.15, 0.2) is 0 Å². The van der Waals surface area contributed by atoms with Crippen molar-refractivity contribution in [2.24, 2.45) is 0 Å². The van der Waals surface area contributed by atoms with Gasteiger partial charge in [-0.25, -0.2) is 0 Å². The largest absolute Gasteiger partial charge is 0.395 e. The molecule has 0 fully saturated rings. The van der Waals surface area contributed by atoms with Gasteiger partial charge in [-0.15, -0.1) is 0 Å². The third-order valence-electron chi connectivity index (χ3n) is 1.56. The lowest BCUT2D eigenvalue weighted by Gasteiger charge is -2.15. The van der Waals surface area contributed by atoms with Gasteiger partial charge in [0, 0.05) is 12.6 Å². The highest BCUT2D eigenvalue weighted by Gasteiger charge is 2.05. The van der Waals surface area contributed by atoms with Gasteiger partial charge in [-0.05, 0) is 13.3 Å². The summed E-state index contributed by atoms with van der Waals surface area (Å²) in [4.78, 5) is 0. The Bertz CT molecular complexity index is 86.2. The molecule has 2 unspecified atom stereocenters. The maximum absolute atomic E-state index is 8.92. The van der Waals surface area contributed by atoms with E-state index in [1.54, 1.807) is 6.92 Å². The molecule has 0 aliphatic heterocycles. The first kappa shape index (κ1) is 10.9. The van der Waals surface area contributed by atoms with E-state index in [2.05, 4.69) is 12.2 Å².